The summed E-state index contributed by atoms with van der Waals surface area (Å²) in [4.78, 5) is 17.2. The number of para-hydroxylation sites is 1. The average molecular weight is 367 g/mol. The Labute approximate surface area is 161 Å². The van der Waals surface area contributed by atoms with Gasteiger partial charge in [0.05, 0.1) is 19.3 Å². The van der Waals surface area contributed by atoms with E-state index in [-0.39, 0.29) is 5.91 Å². The number of carbonyl (C=O) groups is 1. The maximum Gasteiger partial charge on any atom is 0.238 e. The SMILES string of the molecule is COc1ccc(C)cc1NC(=O)CN1CCC[C@H]1CN(C)c1ccccc1. The van der Waals surface area contributed by atoms with E-state index in [9.17, 15) is 4.79 Å². The lowest BCUT2D eigenvalue weighted by atomic mass is 10.2. The molecule has 1 N–H and O–H groups in total. The van der Waals surface area contributed by atoms with Crippen LogP contribution in [0, 0.1) is 6.92 Å². The zero-order valence-electron chi connectivity index (χ0n) is 16.4. The highest BCUT2D eigenvalue weighted by Crippen LogP contribution is 2.26. The summed E-state index contributed by atoms with van der Waals surface area (Å²) in [5.74, 6) is 0.698. The fourth-order valence-electron chi connectivity index (χ4n) is 3.71. The summed E-state index contributed by atoms with van der Waals surface area (Å²) < 4.78 is 5.36. The zero-order chi connectivity index (χ0) is 19.2. The average Bonchev–Trinajstić information content (AvgIpc) is 3.09. The van der Waals surface area contributed by atoms with Gasteiger partial charge in [0.15, 0.2) is 0 Å². The lowest BCUT2D eigenvalue weighted by molar-refractivity contribution is -0.117. The maximum absolute atomic E-state index is 12.6. The number of carbonyl (C=O) groups excluding carboxylic acids is 1. The summed E-state index contributed by atoms with van der Waals surface area (Å²) in [6.45, 7) is 4.30. The van der Waals surface area contributed by atoms with Gasteiger partial charge in [-0.05, 0) is 56.1 Å². The highest BCUT2D eigenvalue weighted by molar-refractivity contribution is 5.93. The molecule has 1 fully saturated rings. The van der Waals surface area contributed by atoms with Gasteiger partial charge in [-0.2, -0.15) is 0 Å². The van der Waals surface area contributed by atoms with Gasteiger partial charge in [-0.3, -0.25) is 9.69 Å². The molecule has 5 heteroatoms. The number of hydrogen-bond acceptors (Lipinski definition) is 4. The Morgan fingerprint density at radius 3 is 2.78 bits per heavy atom. The number of nitrogens with zero attached hydrogens (tertiary/aromatic N) is 2. The van der Waals surface area contributed by atoms with Crippen LogP contribution < -0.4 is 15.0 Å². The van der Waals surface area contributed by atoms with Crippen molar-refractivity contribution in [3.63, 3.8) is 0 Å². The second-order valence-electron chi connectivity index (χ2n) is 7.23. The van der Waals surface area contributed by atoms with Gasteiger partial charge >= 0.3 is 0 Å². The molecule has 0 bridgehead atoms. The van der Waals surface area contributed by atoms with E-state index in [1.807, 2.05) is 31.2 Å². The first-order valence-electron chi connectivity index (χ1n) is 9.51. The van der Waals surface area contributed by atoms with Crippen molar-refractivity contribution in [3.05, 3.63) is 54.1 Å². The molecular weight excluding hydrogens is 338 g/mol. The van der Waals surface area contributed by atoms with Crippen molar-refractivity contribution in [2.24, 2.45) is 0 Å². The third-order valence-electron chi connectivity index (χ3n) is 5.16. The van der Waals surface area contributed by atoms with Crippen molar-refractivity contribution in [2.75, 3.05) is 44.0 Å². The molecule has 0 spiro atoms. The molecule has 1 saturated heterocycles. The third kappa shape index (κ3) is 5.01. The lowest BCUT2D eigenvalue weighted by Crippen LogP contribution is -2.42. The number of ether oxygens (including phenoxy) is 1. The Morgan fingerprint density at radius 1 is 1.26 bits per heavy atom. The second kappa shape index (κ2) is 8.91. The van der Waals surface area contributed by atoms with Crippen LogP contribution in [0.15, 0.2) is 48.5 Å². The number of rotatable bonds is 7. The topological polar surface area (TPSA) is 44.8 Å². The molecule has 5 nitrogen and oxygen atoms in total. The van der Waals surface area contributed by atoms with Crippen molar-refractivity contribution in [3.8, 4) is 5.75 Å². The summed E-state index contributed by atoms with van der Waals surface area (Å²) >= 11 is 0. The number of benzene rings is 2. The number of amides is 1. The Morgan fingerprint density at radius 2 is 2.04 bits per heavy atom. The Bertz CT molecular complexity index is 763. The summed E-state index contributed by atoms with van der Waals surface area (Å²) in [5, 5.41) is 3.02. The van der Waals surface area contributed by atoms with Crippen LogP contribution >= 0.6 is 0 Å². The number of likely N-dealkylation sites (tertiary alicyclic amines) is 1. The van der Waals surface area contributed by atoms with Crippen LogP contribution in [-0.2, 0) is 4.79 Å². The molecule has 0 aromatic heterocycles. The quantitative estimate of drug-likeness (QED) is 0.813. The molecule has 3 rings (SSSR count). The molecule has 1 heterocycles. The van der Waals surface area contributed by atoms with Crippen LogP contribution in [0.5, 0.6) is 5.75 Å². The Hall–Kier alpha value is -2.53. The molecule has 1 aliphatic rings. The summed E-state index contributed by atoms with van der Waals surface area (Å²) in [7, 11) is 3.74. The van der Waals surface area contributed by atoms with E-state index in [1.54, 1.807) is 7.11 Å². The highest BCUT2D eigenvalue weighted by atomic mass is 16.5. The first kappa shape index (κ1) is 19.2. The van der Waals surface area contributed by atoms with Crippen molar-refractivity contribution in [1.82, 2.24) is 4.90 Å². The van der Waals surface area contributed by atoms with E-state index in [0.717, 1.165) is 37.2 Å². The number of nitrogens with one attached hydrogen (secondary N) is 1. The largest absolute Gasteiger partial charge is 0.495 e. The van der Waals surface area contributed by atoms with Gasteiger partial charge in [0.25, 0.3) is 0 Å². The Kier molecular flexibility index (Phi) is 6.35. The van der Waals surface area contributed by atoms with Gasteiger partial charge in [0, 0.05) is 25.3 Å². The van der Waals surface area contributed by atoms with Gasteiger partial charge in [-0.15, -0.1) is 0 Å². The minimum Gasteiger partial charge on any atom is -0.495 e. The minimum atomic E-state index is 0.00756. The molecule has 1 atom stereocenters. The normalized spacial score (nSPS) is 16.9. The van der Waals surface area contributed by atoms with Crippen LogP contribution in [0.3, 0.4) is 0 Å². The fraction of sp³-hybridized carbons (Fsp3) is 0.409. The number of methoxy groups -OCH3 is 1. The van der Waals surface area contributed by atoms with Crippen molar-refractivity contribution >= 4 is 17.3 Å². The molecule has 144 valence electrons. The van der Waals surface area contributed by atoms with Crippen LogP contribution in [0.4, 0.5) is 11.4 Å². The summed E-state index contributed by atoms with van der Waals surface area (Å²) in [6, 6.07) is 16.6. The standard InChI is InChI=1S/C22H29N3O2/c1-17-11-12-21(27-3)20(14-17)23-22(26)16-25-13-7-10-19(25)15-24(2)18-8-5-4-6-9-18/h4-6,8-9,11-12,14,19H,7,10,13,15-16H2,1-3H3,(H,23,26)/t19-/m0/s1. The third-order valence-corrected chi connectivity index (χ3v) is 5.16. The van der Waals surface area contributed by atoms with Gasteiger partial charge < -0.3 is 15.0 Å². The molecule has 0 aliphatic carbocycles. The molecule has 0 saturated carbocycles. The molecule has 1 aliphatic heterocycles. The first-order valence-corrected chi connectivity index (χ1v) is 9.51. The number of anilines is 2. The van der Waals surface area contributed by atoms with E-state index in [2.05, 4.69) is 46.4 Å². The van der Waals surface area contributed by atoms with Crippen LogP contribution in [0.1, 0.15) is 18.4 Å². The molecule has 1 amide bonds. The smallest absolute Gasteiger partial charge is 0.238 e. The van der Waals surface area contributed by atoms with Crippen LogP contribution in [0.2, 0.25) is 0 Å². The monoisotopic (exact) mass is 367 g/mol. The number of aryl methyl sites for hydroxylation is 1. The van der Waals surface area contributed by atoms with E-state index in [1.165, 1.54) is 5.69 Å². The van der Waals surface area contributed by atoms with E-state index in [0.29, 0.717) is 18.3 Å². The Balaban J connectivity index is 1.59. The second-order valence-corrected chi connectivity index (χ2v) is 7.23. The molecule has 2 aromatic rings. The summed E-state index contributed by atoms with van der Waals surface area (Å²) in [6.07, 6.45) is 2.26. The number of likely N-dealkylation sites (N-methyl/N-ethyl adjacent to an activating group) is 1. The van der Waals surface area contributed by atoms with E-state index < -0.39 is 0 Å². The van der Waals surface area contributed by atoms with Crippen LogP contribution in [-0.4, -0.2) is 50.6 Å². The number of hydrogen-bond donors (Lipinski definition) is 1. The first-order chi connectivity index (χ1) is 13.1. The van der Waals surface area contributed by atoms with Crippen molar-refractivity contribution in [2.45, 2.75) is 25.8 Å². The highest BCUT2D eigenvalue weighted by Gasteiger charge is 2.27. The van der Waals surface area contributed by atoms with E-state index in [4.69, 9.17) is 4.74 Å². The zero-order valence-corrected chi connectivity index (χ0v) is 16.4. The fourth-order valence-corrected chi connectivity index (χ4v) is 3.71. The van der Waals surface area contributed by atoms with E-state index >= 15 is 0 Å². The van der Waals surface area contributed by atoms with Gasteiger partial charge in [0.1, 0.15) is 5.75 Å². The van der Waals surface area contributed by atoms with Gasteiger partial charge in [-0.25, -0.2) is 0 Å². The predicted octanol–water partition coefficient (Wildman–Crippen LogP) is 3.54. The predicted molar refractivity (Wildman–Crippen MR) is 111 cm³/mol. The van der Waals surface area contributed by atoms with Gasteiger partial charge in [0.2, 0.25) is 5.91 Å². The van der Waals surface area contributed by atoms with Crippen molar-refractivity contribution < 1.29 is 9.53 Å². The molecule has 27 heavy (non-hydrogen) atoms. The molecular formula is C22H29N3O2. The molecule has 0 radical (unpaired) electrons. The van der Waals surface area contributed by atoms with Crippen LogP contribution in [0.25, 0.3) is 0 Å². The molecule has 2 aromatic carbocycles. The maximum atomic E-state index is 12.6. The minimum absolute atomic E-state index is 0.00756. The summed E-state index contributed by atoms with van der Waals surface area (Å²) in [5.41, 5.74) is 3.03. The van der Waals surface area contributed by atoms with Crippen molar-refractivity contribution in [1.29, 1.82) is 0 Å². The van der Waals surface area contributed by atoms with Gasteiger partial charge in [-0.1, -0.05) is 24.3 Å². The lowest BCUT2D eigenvalue weighted by Gasteiger charge is -2.29. The molecule has 0 unspecified atom stereocenters.